The molecule has 0 bridgehead atoms. The van der Waals surface area contributed by atoms with Crippen molar-refractivity contribution in [2.75, 3.05) is 13.7 Å². The molecule has 0 amide bonds. The Labute approximate surface area is 103 Å². The van der Waals surface area contributed by atoms with E-state index in [4.69, 9.17) is 15.2 Å². The molecule has 2 N–H and O–H groups in total. The smallest absolute Gasteiger partial charge is 0.342 e. The number of halogens is 2. The van der Waals surface area contributed by atoms with Gasteiger partial charge in [0.25, 0.3) is 6.43 Å². The maximum Gasteiger partial charge on any atom is 0.342 e. The van der Waals surface area contributed by atoms with Crippen molar-refractivity contribution in [2.45, 2.75) is 19.9 Å². The van der Waals surface area contributed by atoms with Crippen molar-refractivity contribution in [1.82, 2.24) is 4.98 Å². The van der Waals surface area contributed by atoms with Crippen molar-refractivity contribution in [2.24, 2.45) is 5.73 Å². The van der Waals surface area contributed by atoms with Crippen molar-refractivity contribution in [1.29, 1.82) is 0 Å². The Bertz CT molecular complexity index is 439. The van der Waals surface area contributed by atoms with Gasteiger partial charge in [-0.15, -0.1) is 0 Å². The molecule has 100 valence electrons. The van der Waals surface area contributed by atoms with E-state index < -0.39 is 18.1 Å². The molecule has 1 rings (SSSR count). The first-order chi connectivity index (χ1) is 8.54. The van der Waals surface area contributed by atoms with Crippen LogP contribution < -0.4 is 10.5 Å². The molecule has 0 unspecified atom stereocenters. The number of nitrogens with zero attached hydrogens (tertiary/aromatic N) is 1. The van der Waals surface area contributed by atoms with Gasteiger partial charge in [-0.2, -0.15) is 0 Å². The van der Waals surface area contributed by atoms with E-state index >= 15 is 0 Å². The van der Waals surface area contributed by atoms with Gasteiger partial charge in [-0.25, -0.2) is 18.6 Å². The molecule has 1 aromatic rings. The standard InChI is InChI=1S/C11H14F2N2O3/c1-3-18-11(16)7-4-6(5-14)15-8(10(12)13)9(7)17-2/h4,10H,3,5,14H2,1-2H3. The summed E-state index contributed by atoms with van der Waals surface area (Å²) in [4.78, 5) is 15.3. The second kappa shape index (κ2) is 6.25. The summed E-state index contributed by atoms with van der Waals surface area (Å²) in [5.41, 5.74) is 4.83. The summed E-state index contributed by atoms with van der Waals surface area (Å²) >= 11 is 0. The van der Waals surface area contributed by atoms with Crippen LogP contribution in [0, 0.1) is 0 Å². The van der Waals surface area contributed by atoms with Crippen molar-refractivity contribution in [3.05, 3.63) is 23.0 Å². The van der Waals surface area contributed by atoms with Crippen molar-refractivity contribution >= 4 is 5.97 Å². The molecule has 7 heteroatoms. The van der Waals surface area contributed by atoms with Crippen molar-refractivity contribution in [3.63, 3.8) is 0 Å². The number of esters is 1. The number of methoxy groups -OCH3 is 1. The number of carbonyl (C=O) groups is 1. The molecule has 0 aliphatic rings. The number of aromatic nitrogens is 1. The molecule has 0 aliphatic heterocycles. The Kier molecular flexibility index (Phi) is 4.96. The first kappa shape index (κ1) is 14.3. The second-order valence-electron chi connectivity index (χ2n) is 3.30. The highest BCUT2D eigenvalue weighted by molar-refractivity contribution is 5.93. The fourth-order valence-corrected chi connectivity index (χ4v) is 1.44. The van der Waals surface area contributed by atoms with Gasteiger partial charge in [-0.1, -0.05) is 0 Å². The van der Waals surface area contributed by atoms with Crippen LogP contribution in [-0.2, 0) is 11.3 Å². The molecule has 0 atom stereocenters. The molecule has 1 aromatic heterocycles. The molecular weight excluding hydrogens is 246 g/mol. The van der Waals surface area contributed by atoms with Crippen LogP contribution >= 0.6 is 0 Å². The van der Waals surface area contributed by atoms with E-state index in [1.54, 1.807) is 6.92 Å². The van der Waals surface area contributed by atoms with Gasteiger partial charge in [0.2, 0.25) is 0 Å². The summed E-state index contributed by atoms with van der Waals surface area (Å²) in [5.74, 6) is -1.02. The SMILES string of the molecule is CCOC(=O)c1cc(CN)nc(C(F)F)c1OC. The molecule has 0 aliphatic carbocycles. The molecule has 0 saturated heterocycles. The lowest BCUT2D eigenvalue weighted by Crippen LogP contribution is -2.13. The van der Waals surface area contributed by atoms with Crippen LogP contribution in [0.5, 0.6) is 5.75 Å². The normalized spacial score (nSPS) is 10.6. The van der Waals surface area contributed by atoms with Gasteiger partial charge < -0.3 is 15.2 Å². The molecule has 0 fully saturated rings. The average Bonchev–Trinajstić information content (AvgIpc) is 2.37. The number of ether oxygens (including phenoxy) is 2. The van der Waals surface area contributed by atoms with E-state index in [1.807, 2.05) is 0 Å². The van der Waals surface area contributed by atoms with Gasteiger partial charge in [0, 0.05) is 6.54 Å². The van der Waals surface area contributed by atoms with Crippen LogP contribution in [0.25, 0.3) is 0 Å². The number of hydrogen-bond donors (Lipinski definition) is 1. The molecule has 1 heterocycles. The fourth-order valence-electron chi connectivity index (χ4n) is 1.44. The molecule has 0 radical (unpaired) electrons. The minimum atomic E-state index is -2.86. The maximum atomic E-state index is 12.8. The predicted octanol–water partition coefficient (Wildman–Crippen LogP) is 1.66. The number of hydrogen-bond acceptors (Lipinski definition) is 5. The summed E-state index contributed by atoms with van der Waals surface area (Å²) in [6, 6.07) is 1.29. The Morgan fingerprint density at radius 2 is 2.22 bits per heavy atom. The molecule has 0 aromatic carbocycles. The number of pyridine rings is 1. The number of nitrogens with two attached hydrogens (primary N) is 1. The third-order valence-corrected chi connectivity index (χ3v) is 2.17. The maximum absolute atomic E-state index is 12.8. The van der Waals surface area contributed by atoms with E-state index in [0.717, 1.165) is 0 Å². The van der Waals surface area contributed by atoms with E-state index in [0.29, 0.717) is 0 Å². The summed E-state index contributed by atoms with van der Waals surface area (Å²) in [6.45, 7) is 1.69. The lowest BCUT2D eigenvalue weighted by atomic mass is 10.1. The summed E-state index contributed by atoms with van der Waals surface area (Å²) in [5, 5.41) is 0. The lowest BCUT2D eigenvalue weighted by Gasteiger charge is -2.13. The van der Waals surface area contributed by atoms with Crippen molar-refractivity contribution < 1.29 is 23.0 Å². The van der Waals surface area contributed by atoms with Gasteiger partial charge in [0.15, 0.2) is 5.75 Å². The van der Waals surface area contributed by atoms with E-state index in [9.17, 15) is 13.6 Å². The Morgan fingerprint density at radius 1 is 1.56 bits per heavy atom. The van der Waals surface area contributed by atoms with Crippen molar-refractivity contribution in [3.8, 4) is 5.75 Å². The zero-order valence-electron chi connectivity index (χ0n) is 10.1. The van der Waals surface area contributed by atoms with E-state index in [-0.39, 0.29) is 30.2 Å². The molecule has 18 heavy (non-hydrogen) atoms. The third-order valence-electron chi connectivity index (χ3n) is 2.17. The van der Waals surface area contributed by atoms with Gasteiger partial charge in [0.1, 0.15) is 11.3 Å². The zero-order chi connectivity index (χ0) is 13.7. The average molecular weight is 260 g/mol. The molecule has 5 nitrogen and oxygen atoms in total. The van der Waals surface area contributed by atoms with Crippen LogP contribution in [0.1, 0.15) is 35.1 Å². The van der Waals surface area contributed by atoms with Crippen LogP contribution in [0.4, 0.5) is 8.78 Å². The summed E-state index contributed by atoms with van der Waals surface area (Å²) in [6.07, 6.45) is -2.86. The Morgan fingerprint density at radius 3 is 2.67 bits per heavy atom. The molecular formula is C11H14F2N2O3. The second-order valence-corrected chi connectivity index (χ2v) is 3.30. The predicted molar refractivity (Wildman–Crippen MR) is 59.6 cm³/mol. The van der Waals surface area contributed by atoms with Gasteiger partial charge >= 0.3 is 5.97 Å². The lowest BCUT2D eigenvalue weighted by molar-refractivity contribution is 0.0521. The fraction of sp³-hybridized carbons (Fsp3) is 0.455. The van der Waals surface area contributed by atoms with E-state index in [1.165, 1.54) is 13.2 Å². The van der Waals surface area contributed by atoms with Crippen LogP contribution in [0.15, 0.2) is 6.07 Å². The highest BCUT2D eigenvalue weighted by Gasteiger charge is 2.24. The Hall–Kier alpha value is -1.76. The van der Waals surface area contributed by atoms with Crippen LogP contribution in [0.3, 0.4) is 0 Å². The van der Waals surface area contributed by atoms with Crippen LogP contribution in [0.2, 0.25) is 0 Å². The van der Waals surface area contributed by atoms with Crippen LogP contribution in [-0.4, -0.2) is 24.7 Å². The molecule has 0 spiro atoms. The topological polar surface area (TPSA) is 74.4 Å². The number of carbonyl (C=O) groups excluding carboxylic acids is 1. The minimum absolute atomic E-state index is 0.0594. The zero-order valence-corrected chi connectivity index (χ0v) is 10.1. The first-order valence-corrected chi connectivity index (χ1v) is 5.28. The monoisotopic (exact) mass is 260 g/mol. The third kappa shape index (κ3) is 2.92. The van der Waals surface area contributed by atoms with E-state index in [2.05, 4.69) is 4.98 Å². The summed E-state index contributed by atoms with van der Waals surface area (Å²) in [7, 11) is 1.19. The highest BCUT2D eigenvalue weighted by atomic mass is 19.3. The highest BCUT2D eigenvalue weighted by Crippen LogP contribution is 2.31. The Balaban J connectivity index is 3.37. The summed E-state index contributed by atoms with van der Waals surface area (Å²) < 4.78 is 35.2. The largest absolute Gasteiger partial charge is 0.494 e. The van der Waals surface area contributed by atoms with Gasteiger partial charge in [-0.3, -0.25) is 0 Å². The quantitative estimate of drug-likeness (QED) is 0.815. The van der Waals surface area contributed by atoms with Gasteiger partial charge in [0.05, 0.1) is 19.4 Å². The van der Waals surface area contributed by atoms with Gasteiger partial charge in [-0.05, 0) is 13.0 Å². The minimum Gasteiger partial charge on any atom is -0.494 e. The number of alkyl halides is 2. The number of rotatable bonds is 5. The molecule has 0 saturated carbocycles. The first-order valence-electron chi connectivity index (χ1n) is 5.28.